The van der Waals surface area contributed by atoms with Crippen LogP contribution in [0, 0.1) is 0 Å². The van der Waals surface area contributed by atoms with Crippen molar-refractivity contribution in [3.8, 4) is 44.5 Å². The van der Waals surface area contributed by atoms with Gasteiger partial charge in [-0.05, 0) is 120 Å². The predicted octanol–water partition coefficient (Wildman–Crippen LogP) is 15.7. The molecular weight excluding hydrogens is 723 g/mol. The Morgan fingerprint density at radius 1 is 0.317 bits per heavy atom. The number of benzene rings is 10. The molecule has 0 bridgehead atoms. The van der Waals surface area contributed by atoms with Crippen LogP contribution in [0.15, 0.2) is 249 Å². The van der Waals surface area contributed by atoms with Gasteiger partial charge in [0.25, 0.3) is 0 Å². The lowest BCUT2D eigenvalue weighted by atomic mass is 9.67. The highest BCUT2D eigenvalue weighted by Gasteiger charge is 2.46. The average molecular weight is 768 g/mol. The van der Waals surface area contributed by atoms with Gasteiger partial charge in [0.1, 0.15) is 0 Å². The molecule has 0 radical (unpaired) electrons. The molecular formula is C59H41N. The minimum Gasteiger partial charge on any atom is -0.310 e. The molecule has 0 heterocycles. The summed E-state index contributed by atoms with van der Waals surface area (Å²) in [6.45, 7) is 0. The van der Waals surface area contributed by atoms with E-state index in [9.17, 15) is 5.48 Å². The van der Waals surface area contributed by atoms with Crippen LogP contribution in [0.1, 0.15) is 27.7 Å². The maximum Gasteiger partial charge on any atom is 0.0714 e. The van der Waals surface area contributed by atoms with Crippen molar-refractivity contribution in [1.29, 1.82) is 0 Å². The molecule has 0 aliphatic heterocycles. The van der Waals surface area contributed by atoms with Gasteiger partial charge in [0, 0.05) is 17.1 Å². The molecule has 0 saturated carbocycles. The highest BCUT2D eigenvalue weighted by molar-refractivity contribution is 5.97. The van der Waals surface area contributed by atoms with Crippen molar-refractivity contribution in [1.82, 2.24) is 0 Å². The summed E-state index contributed by atoms with van der Waals surface area (Å²) in [5.41, 5.74) is 12.7. The van der Waals surface area contributed by atoms with Gasteiger partial charge in [-0.2, -0.15) is 0 Å². The van der Waals surface area contributed by atoms with E-state index in [1.165, 1.54) is 5.56 Å². The molecule has 60 heavy (non-hydrogen) atoms. The smallest absolute Gasteiger partial charge is 0.0714 e. The number of hydrogen-bond donors (Lipinski definition) is 0. The fourth-order valence-electron chi connectivity index (χ4n) is 9.29. The Hall–Kier alpha value is -7.74. The van der Waals surface area contributed by atoms with Crippen LogP contribution in [-0.2, 0) is 5.41 Å². The Bertz CT molecular complexity index is 3290. The number of hydrogen-bond acceptors (Lipinski definition) is 1. The van der Waals surface area contributed by atoms with E-state index >= 15 is 0 Å². The van der Waals surface area contributed by atoms with E-state index < -0.39 is 5.41 Å². The van der Waals surface area contributed by atoms with Gasteiger partial charge >= 0.3 is 0 Å². The standard InChI is InChI=1S/C59H41N/c1-4-16-42(17-5-1)43-30-34-50(35-31-43)60(51-36-32-44(33-37-51)46-20-14-21-47(40-46)54-28-15-19-45-18-10-11-26-53(45)54)52-38-39-56-55-27-12-13-29-57(55)59(58(56)41-52,48-22-6-2-7-23-48)49-24-8-3-9-25-49/h1-41H/i32D,33D,36D,37D. The van der Waals surface area contributed by atoms with Crippen LogP contribution in [-0.4, -0.2) is 0 Å². The summed E-state index contributed by atoms with van der Waals surface area (Å²) in [6, 6.07) is 76.5. The monoisotopic (exact) mass is 767 g/mol. The number of rotatable bonds is 8. The zero-order valence-electron chi connectivity index (χ0n) is 36.8. The second-order valence-electron chi connectivity index (χ2n) is 15.3. The Morgan fingerprint density at radius 2 is 0.850 bits per heavy atom. The molecule has 0 aromatic heterocycles. The van der Waals surface area contributed by atoms with Gasteiger partial charge in [0.2, 0.25) is 0 Å². The summed E-state index contributed by atoms with van der Waals surface area (Å²) < 4.78 is 39.0. The molecule has 282 valence electrons. The summed E-state index contributed by atoms with van der Waals surface area (Å²) in [4.78, 5) is 1.91. The zero-order chi connectivity index (χ0) is 43.4. The molecule has 0 spiro atoms. The second kappa shape index (κ2) is 14.9. The Balaban J connectivity index is 1.13. The first-order chi connectivity index (χ1) is 31.4. The minimum absolute atomic E-state index is 0.103. The summed E-state index contributed by atoms with van der Waals surface area (Å²) in [5, 5.41) is 2.23. The van der Waals surface area contributed by atoms with Gasteiger partial charge in [-0.15, -0.1) is 0 Å². The maximum atomic E-state index is 9.83. The van der Waals surface area contributed by atoms with Crippen LogP contribution in [0.25, 0.3) is 55.3 Å². The van der Waals surface area contributed by atoms with Crippen molar-refractivity contribution in [3.63, 3.8) is 0 Å². The molecule has 1 aliphatic rings. The molecule has 0 N–H and O–H groups in total. The molecule has 0 saturated heterocycles. The lowest BCUT2D eigenvalue weighted by molar-refractivity contribution is 0.768. The van der Waals surface area contributed by atoms with E-state index in [1.54, 1.807) is 0 Å². The van der Waals surface area contributed by atoms with E-state index in [4.69, 9.17) is 0 Å². The SMILES string of the molecule is [2H]c1c([2H])c(N(c2ccc(-c3ccccc3)cc2)c2ccc3c(c2)C(c2ccccc2)(c2ccccc2)c2ccccc2-3)c([2H])c([2H])c1-c1cccc(-c2cccc3ccccc23)c1. The molecule has 1 nitrogen and oxygen atoms in total. The van der Waals surface area contributed by atoms with Crippen molar-refractivity contribution >= 4 is 27.8 Å². The van der Waals surface area contributed by atoms with Crippen molar-refractivity contribution in [2.45, 2.75) is 5.41 Å². The molecule has 0 fully saturated rings. The van der Waals surface area contributed by atoms with Crippen molar-refractivity contribution < 1.29 is 5.48 Å². The Morgan fingerprint density at radius 3 is 1.60 bits per heavy atom. The molecule has 11 rings (SSSR count). The summed E-state index contributed by atoms with van der Waals surface area (Å²) in [5.74, 6) is 0. The summed E-state index contributed by atoms with van der Waals surface area (Å²) >= 11 is 0. The lowest BCUT2D eigenvalue weighted by Gasteiger charge is -2.35. The molecule has 0 unspecified atom stereocenters. The summed E-state index contributed by atoms with van der Waals surface area (Å²) in [7, 11) is 0. The first-order valence-corrected chi connectivity index (χ1v) is 20.4. The fraction of sp³-hybridized carbons (Fsp3) is 0.0169. The lowest BCUT2D eigenvalue weighted by Crippen LogP contribution is -2.28. The molecule has 1 aliphatic carbocycles. The maximum absolute atomic E-state index is 9.83. The molecule has 10 aromatic carbocycles. The minimum atomic E-state index is -0.680. The van der Waals surface area contributed by atoms with Gasteiger partial charge in [0.05, 0.1) is 10.9 Å². The highest BCUT2D eigenvalue weighted by atomic mass is 15.1. The van der Waals surface area contributed by atoms with Crippen molar-refractivity contribution in [2.75, 3.05) is 4.90 Å². The van der Waals surface area contributed by atoms with Gasteiger partial charge in [-0.3, -0.25) is 0 Å². The quantitative estimate of drug-likeness (QED) is 0.149. The fourth-order valence-corrected chi connectivity index (χ4v) is 9.29. The van der Waals surface area contributed by atoms with Gasteiger partial charge in [-0.25, -0.2) is 0 Å². The topological polar surface area (TPSA) is 3.24 Å². The zero-order valence-corrected chi connectivity index (χ0v) is 32.8. The van der Waals surface area contributed by atoms with Gasteiger partial charge in [0.15, 0.2) is 0 Å². The van der Waals surface area contributed by atoms with Crippen LogP contribution in [0.4, 0.5) is 17.1 Å². The normalized spacial score (nSPS) is 13.4. The van der Waals surface area contributed by atoms with Crippen LogP contribution in [0.5, 0.6) is 0 Å². The van der Waals surface area contributed by atoms with Gasteiger partial charge in [-0.1, -0.05) is 206 Å². The third-order valence-electron chi connectivity index (χ3n) is 12.0. The summed E-state index contributed by atoms with van der Waals surface area (Å²) in [6.07, 6.45) is 0. The highest BCUT2D eigenvalue weighted by Crippen LogP contribution is 2.57. The van der Waals surface area contributed by atoms with Crippen LogP contribution in [0.2, 0.25) is 0 Å². The van der Waals surface area contributed by atoms with Crippen LogP contribution >= 0.6 is 0 Å². The number of nitrogens with zero attached hydrogens (tertiary/aromatic N) is 1. The third-order valence-corrected chi connectivity index (χ3v) is 12.0. The van der Waals surface area contributed by atoms with Crippen LogP contribution in [0.3, 0.4) is 0 Å². The van der Waals surface area contributed by atoms with Crippen molar-refractivity contribution in [3.05, 3.63) is 271 Å². The predicted molar refractivity (Wildman–Crippen MR) is 252 cm³/mol. The third kappa shape index (κ3) is 5.94. The first-order valence-electron chi connectivity index (χ1n) is 22.4. The van der Waals surface area contributed by atoms with E-state index in [2.05, 4.69) is 140 Å². The molecule has 1 heteroatoms. The van der Waals surface area contributed by atoms with Crippen molar-refractivity contribution in [2.24, 2.45) is 0 Å². The van der Waals surface area contributed by atoms with E-state index in [0.29, 0.717) is 11.3 Å². The van der Waals surface area contributed by atoms with Crippen LogP contribution < -0.4 is 4.90 Å². The molecule has 0 atom stereocenters. The molecule has 10 aromatic rings. The average Bonchev–Trinajstić information content (AvgIpc) is 3.66. The first kappa shape index (κ1) is 31.3. The van der Waals surface area contributed by atoms with E-state index in [1.807, 2.05) is 89.8 Å². The van der Waals surface area contributed by atoms with E-state index in [-0.39, 0.29) is 35.4 Å². The second-order valence-corrected chi connectivity index (χ2v) is 15.3. The Kier molecular flexibility index (Phi) is 7.76. The number of fused-ring (bicyclic) bond motifs is 4. The van der Waals surface area contributed by atoms with E-state index in [0.717, 1.165) is 66.5 Å². The molecule has 0 amide bonds. The van der Waals surface area contributed by atoms with Gasteiger partial charge < -0.3 is 4.90 Å². The number of anilines is 3. The Labute approximate surface area is 357 Å². The largest absolute Gasteiger partial charge is 0.310 e.